The van der Waals surface area contributed by atoms with Crippen molar-refractivity contribution in [3.8, 4) is 0 Å². The second-order valence-corrected chi connectivity index (χ2v) is 5.93. The number of carbonyl (C=O) groups excluding carboxylic acids is 4. The number of hydrogen-bond donors (Lipinski definition) is 0. The Labute approximate surface area is 133 Å². The van der Waals surface area contributed by atoms with E-state index in [0.29, 0.717) is 18.8 Å². The zero-order valence-corrected chi connectivity index (χ0v) is 13.1. The van der Waals surface area contributed by atoms with Gasteiger partial charge in [-0.2, -0.15) is 0 Å². The molecule has 3 aliphatic rings. The molecule has 8 nitrogen and oxygen atoms in total. The molecular formula is C15H18N2O6. The molecular weight excluding hydrogens is 304 g/mol. The molecule has 0 N–H and O–H groups in total. The third kappa shape index (κ3) is 2.12. The maximum atomic E-state index is 12.8. The highest BCUT2D eigenvalue weighted by Gasteiger charge is 2.64. The average molecular weight is 322 g/mol. The Morgan fingerprint density at radius 2 is 1.83 bits per heavy atom. The summed E-state index contributed by atoms with van der Waals surface area (Å²) < 4.78 is 9.81. The number of methoxy groups -OCH3 is 1. The predicted octanol–water partition coefficient (Wildman–Crippen LogP) is 0.220. The third-order valence-electron chi connectivity index (χ3n) is 4.61. The number of Topliss-reactive ketones (excluding diaryl/α,β-unsaturated/α-hetero) is 1. The molecule has 0 aromatic rings. The van der Waals surface area contributed by atoms with Crippen LogP contribution in [0.3, 0.4) is 0 Å². The molecule has 23 heavy (non-hydrogen) atoms. The van der Waals surface area contributed by atoms with E-state index in [1.165, 1.54) is 14.2 Å². The van der Waals surface area contributed by atoms with E-state index in [2.05, 4.69) is 0 Å². The molecule has 124 valence electrons. The summed E-state index contributed by atoms with van der Waals surface area (Å²) >= 11 is 0. The van der Waals surface area contributed by atoms with Crippen LogP contribution in [0.25, 0.3) is 0 Å². The molecule has 0 bridgehead atoms. The quantitative estimate of drug-likeness (QED) is 0.408. The maximum Gasteiger partial charge on any atom is 0.417 e. The van der Waals surface area contributed by atoms with E-state index in [1.807, 2.05) is 4.90 Å². The molecule has 2 amide bonds. The van der Waals surface area contributed by atoms with Crippen LogP contribution in [0, 0.1) is 0 Å². The maximum absolute atomic E-state index is 12.8. The first-order valence-corrected chi connectivity index (χ1v) is 7.54. The number of ketones is 1. The summed E-state index contributed by atoms with van der Waals surface area (Å²) in [6.07, 6.45) is 1.96. The van der Waals surface area contributed by atoms with E-state index in [9.17, 15) is 19.2 Å². The summed E-state index contributed by atoms with van der Waals surface area (Å²) in [6.45, 7) is 1.38. The number of piperidine rings is 1. The normalized spacial score (nSPS) is 28.0. The molecule has 1 aliphatic carbocycles. The van der Waals surface area contributed by atoms with Gasteiger partial charge >= 0.3 is 12.1 Å². The van der Waals surface area contributed by atoms with Crippen LogP contribution in [0.5, 0.6) is 0 Å². The van der Waals surface area contributed by atoms with Crippen molar-refractivity contribution in [2.75, 3.05) is 27.2 Å². The Morgan fingerprint density at radius 3 is 2.35 bits per heavy atom. The minimum absolute atomic E-state index is 0.106. The lowest BCUT2D eigenvalue weighted by Gasteiger charge is -2.30. The van der Waals surface area contributed by atoms with Crippen molar-refractivity contribution in [1.29, 1.82) is 0 Å². The van der Waals surface area contributed by atoms with E-state index in [4.69, 9.17) is 9.47 Å². The lowest BCUT2D eigenvalue weighted by molar-refractivity contribution is -0.146. The fraction of sp³-hybridized carbons (Fsp3) is 0.600. The second kappa shape index (κ2) is 5.36. The zero-order valence-electron chi connectivity index (χ0n) is 13.1. The van der Waals surface area contributed by atoms with Crippen LogP contribution in [0.4, 0.5) is 4.79 Å². The average Bonchev–Trinajstić information content (AvgIpc) is 2.98. The molecule has 2 heterocycles. The van der Waals surface area contributed by atoms with Gasteiger partial charge in [0.1, 0.15) is 5.57 Å². The van der Waals surface area contributed by atoms with Crippen molar-refractivity contribution in [2.45, 2.75) is 31.3 Å². The number of imide groups is 1. The minimum Gasteiger partial charge on any atom is -0.465 e. The smallest absolute Gasteiger partial charge is 0.417 e. The molecule has 0 radical (unpaired) electrons. The molecule has 1 atom stereocenters. The van der Waals surface area contributed by atoms with Crippen LogP contribution in [0.1, 0.15) is 25.7 Å². The molecule has 1 spiro atoms. The number of likely N-dealkylation sites (N-methyl/N-ethyl adjacent to an activating group) is 1. The van der Waals surface area contributed by atoms with E-state index in [1.54, 1.807) is 0 Å². The van der Waals surface area contributed by atoms with Crippen LogP contribution < -0.4 is 0 Å². The number of nitrogens with zero attached hydrogens (tertiary/aromatic N) is 2. The molecule has 8 heteroatoms. The first-order valence-electron chi connectivity index (χ1n) is 7.54. The summed E-state index contributed by atoms with van der Waals surface area (Å²) in [4.78, 5) is 51.7. The topological polar surface area (TPSA) is 93.2 Å². The van der Waals surface area contributed by atoms with Gasteiger partial charge in [-0.25, -0.2) is 14.5 Å². The molecule has 2 saturated heterocycles. The number of ether oxygens (including phenoxy) is 2. The summed E-state index contributed by atoms with van der Waals surface area (Å²) in [7, 11) is 2.43. The minimum atomic E-state index is -1.94. The molecule has 0 saturated carbocycles. The Hall–Kier alpha value is -2.38. The largest absolute Gasteiger partial charge is 0.465 e. The fourth-order valence-corrected chi connectivity index (χ4v) is 3.35. The molecule has 3 rings (SSSR count). The zero-order chi connectivity index (χ0) is 16.8. The van der Waals surface area contributed by atoms with Crippen molar-refractivity contribution in [3.63, 3.8) is 0 Å². The lowest BCUT2D eigenvalue weighted by atomic mass is 9.97. The van der Waals surface area contributed by atoms with E-state index >= 15 is 0 Å². The number of likely N-dealkylation sites (tertiary alicyclic amines) is 1. The molecule has 2 aliphatic heterocycles. The number of rotatable bonds is 2. The standard InChI is InChI=1S/C15H18N2O6/c1-16-13(20)15(23-14(16)21)8-9(17-6-4-3-5-7-17)10(11(15)18)12(19)22-2/h3-8H2,1-2H3/t15-/m1/s1. The van der Waals surface area contributed by atoms with Gasteiger partial charge in [0.15, 0.2) is 0 Å². The Bertz CT molecular complexity index is 634. The lowest BCUT2D eigenvalue weighted by Crippen LogP contribution is -2.45. The summed E-state index contributed by atoms with van der Waals surface area (Å²) in [5.41, 5.74) is -1.67. The molecule has 0 aromatic heterocycles. The van der Waals surface area contributed by atoms with Crippen molar-refractivity contribution in [3.05, 3.63) is 11.3 Å². The van der Waals surface area contributed by atoms with Gasteiger partial charge in [0.05, 0.1) is 7.11 Å². The molecule has 0 aromatic carbocycles. The van der Waals surface area contributed by atoms with E-state index < -0.39 is 29.4 Å². The van der Waals surface area contributed by atoms with Gasteiger partial charge in [-0.15, -0.1) is 0 Å². The Balaban J connectivity index is 2.02. The predicted molar refractivity (Wildman–Crippen MR) is 76.1 cm³/mol. The Kier molecular flexibility index (Phi) is 3.62. The van der Waals surface area contributed by atoms with Gasteiger partial charge in [0.2, 0.25) is 5.78 Å². The number of carbonyl (C=O) groups is 4. The summed E-state index contributed by atoms with van der Waals surface area (Å²) in [5.74, 6) is -2.32. The highest BCUT2D eigenvalue weighted by molar-refractivity contribution is 6.32. The van der Waals surface area contributed by atoms with Gasteiger partial charge < -0.3 is 14.4 Å². The highest BCUT2D eigenvalue weighted by atomic mass is 16.6. The third-order valence-corrected chi connectivity index (χ3v) is 4.61. The highest BCUT2D eigenvalue weighted by Crippen LogP contribution is 2.42. The SMILES string of the molecule is COC(=O)C1=C(N2CCCCC2)C[C@@]2(OC(=O)N(C)C2=O)C1=O. The summed E-state index contributed by atoms with van der Waals surface area (Å²) in [6, 6.07) is 0. The van der Waals surface area contributed by atoms with Gasteiger partial charge in [-0.1, -0.05) is 0 Å². The van der Waals surface area contributed by atoms with Gasteiger partial charge in [-0.05, 0) is 19.3 Å². The van der Waals surface area contributed by atoms with Crippen LogP contribution in [0.2, 0.25) is 0 Å². The van der Waals surface area contributed by atoms with Crippen molar-refractivity contribution < 1.29 is 28.7 Å². The van der Waals surface area contributed by atoms with Crippen molar-refractivity contribution >= 4 is 23.8 Å². The first kappa shape index (κ1) is 15.5. The first-order chi connectivity index (χ1) is 10.9. The monoisotopic (exact) mass is 322 g/mol. The van der Waals surface area contributed by atoms with E-state index in [0.717, 1.165) is 24.2 Å². The Morgan fingerprint density at radius 1 is 1.17 bits per heavy atom. The van der Waals surface area contributed by atoms with Crippen LogP contribution in [0.15, 0.2) is 11.3 Å². The van der Waals surface area contributed by atoms with Gasteiger partial charge in [-0.3, -0.25) is 9.59 Å². The van der Waals surface area contributed by atoms with Crippen molar-refractivity contribution in [1.82, 2.24) is 9.80 Å². The second-order valence-electron chi connectivity index (χ2n) is 5.93. The van der Waals surface area contributed by atoms with Crippen molar-refractivity contribution in [2.24, 2.45) is 0 Å². The van der Waals surface area contributed by atoms with Crippen LogP contribution in [-0.2, 0) is 23.9 Å². The molecule has 0 unspecified atom stereocenters. The van der Waals surface area contributed by atoms with E-state index in [-0.39, 0.29) is 12.0 Å². The van der Waals surface area contributed by atoms with Crippen LogP contribution in [-0.4, -0.2) is 66.4 Å². The van der Waals surface area contributed by atoms with Gasteiger partial charge in [0, 0.05) is 32.3 Å². The fourth-order valence-electron chi connectivity index (χ4n) is 3.35. The number of esters is 1. The van der Waals surface area contributed by atoms with Gasteiger partial charge in [0.25, 0.3) is 11.5 Å². The molecule has 2 fully saturated rings. The van der Waals surface area contributed by atoms with Crippen LogP contribution >= 0.6 is 0 Å². The number of amides is 2. The summed E-state index contributed by atoms with van der Waals surface area (Å²) in [5, 5.41) is 0. The number of hydrogen-bond acceptors (Lipinski definition) is 7.